The maximum absolute atomic E-state index is 11.5. The average Bonchev–Trinajstić information content (AvgIpc) is 2.27. The van der Waals surface area contributed by atoms with Gasteiger partial charge in [-0.1, -0.05) is 0 Å². The van der Waals surface area contributed by atoms with Crippen LogP contribution in [0.5, 0.6) is 0 Å². The molecule has 0 aliphatic carbocycles. The molecule has 1 aliphatic heterocycles. The van der Waals surface area contributed by atoms with Gasteiger partial charge < -0.3 is 5.32 Å². The molecule has 104 valence electrons. The summed E-state index contributed by atoms with van der Waals surface area (Å²) in [6, 6.07) is 4.60. The molecule has 0 saturated carbocycles. The zero-order valence-electron chi connectivity index (χ0n) is 10.0. The van der Waals surface area contributed by atoms with Crippen LogP contribution in [0.4, 0.5) is 11.4 Å². The molecule has 1 fully saturated rings. The molecular formula is C11H13IN2O4S. The Morgan fingerprint density at radius 3 is 2.74 bits per heavy atom. The Balaban J connectivity index is 2.11. The second kappa shape index (κ2) is 5.61. The highest BCUT2D eigenvalue weighted by molar-refractivity contribution is 14.1. The first-order valence-electron chi connectivity index (χ1n) is 5.78. The molecule has 1 aliphatic rings. The fourth-order valence-electron chi connectivity index (χ4n) is 2.12. The zero-order valence-corrected chi connectivity index (χ0v) is 13.0. The molecule has 1 aromatic rings. The van der Waals surface area contributed by atoms with E-state index in [1.165, 1.54) is 6.07 Å². The minimum absolute atomic E-state index is 0.0578. The lowest BCUT2D eigenvalue weighted by Gasteiger charge is -2.24. The monoisotopic (exact) mass is 396 g/mol. The van der Waals surface area contributed by atoms with Gasteiger partial charge in [0, 0.05) is 17.8 Å². The number of nitro groups is 1. The molecule has 1 atom stereocenters. The van der Waals surface area contributed by atoms with Gasteiger partial charge in [-0.05, 0) is 47.6 Å². The highest BCUT2D eigenvalue weighted by atomic mass is 127. The smallest absolute Gasteiger partial charge is 0.282 e. The number of nitro benzene ring substituents is 1. The molecule has 0 aromatic heterocycles. The molecule has 0 spiro atoms. The van der Waals surface area contributed by atoms with Crippen LogP contribution >= 0.6 is 22.6 Å². The SMILES string of the molecule is O=[N+]([O-])c1ccc(NC2CCCS(=O)(=O)C2)cc1I. The number of nitrogens with one attached hydrogen (secondary N) is 1. The third-order valence-corrected chi connectivity index (χ3v) is 5.66. The van der Waals surface area contributed by atoms with Crippen molar-refractivity contribution in [3.8, 4) is 0 Å². The lowest BCUT2D eigenvalue weighted by molar-refractivity contribution is -0.385. The van der Waals surface area contributed by atoms with Crippen LogP contribution in [0.2, 0.25) is 0 Å². The first kappa shape index (κ1) is 14.5. The van der Waals surface area contributed by atoms with Crippen molar-refractivity contribution in [3.05, 3.63) is 31.9 Å². The fourth-order valence-corrected chi connectivity index (χ4v) is 4.47. The maximum atomic E-state index is 11.5. The lowest BCUT2D eigenvalue weighted by Crippen LogP contribution is -2.34. The van der Waals surface area contributed by atoms with Crippen molar-refractivity contribution in [1.29, 1.82) is 0 Å². The normalized spacial score (nSPS) is 21.8. The minimum atomic E-state index is -2.96. The molecule has 1 aromatic carbocycles. The van der Waals surface area contributed by atoms with E-state index in [0.29, 0.717) is 9.99 Å². The molecule has 1 unspecified atom stereocenters. The number of halogens is 1. The van der Waals surface area contributed by atoms with E-state index in [2.05, 4.69) is 5.32 Å². The van der Waals surface area contributed by atoms with Crippen LogP contribution in [0.15, 0.2) is 18.2 Å². The largest absolute Gasteiger partial charge is 0.381 e. The van der Waals surface area contributed by atoms with Crippen molar-refractivity contribution < 1.29 is 13.3 Å². The Morgan fingerprint density at radius 2 is 2.16 bits per heavy atom. The number of nitrogens with zero attached hydrogens (tertiary/aromatic N) is 1. The van der Waals surface area contributed by atoms with Crippen LogP contribution in [0.25, 0.3) is 0 Å². The second-order valence-electron chi connectivity index (χ2n) is 4.52. The van der Waals surface area contributed by atoms with Crippen molar-refractivity contribution >= 4 is 43.8 Å². The summed E-state index contributed by atoms with van der Waals surface area (Å²) < 4.78 is 23.6. The average molecular weight is 396 g/mol. The molecule has 6 nitrogen and oxygen atoms in total. The summed E-state index contributed by atoms with van der Waals surface area (Å²) in [6.45, 7) is 0. The van der Waals surface area contributed by atoms with Gasteiger partial charge in [0.2, 0.25) is 0 Å². The van der Waals surface area contributed by atoms with Crippen molar-refractivity contribution in [2.75, 3.05) is 16.8 Å². The zero-order chi connectivity index (χ0) is 14.0. The molecule has 0 bridgehead atoms. The quantitative estimate of drug-likeness (QED) is 0.481. The number of hydrogen-bond acceptors (Lipinski definition) is 5. The molecule has 19 heavy (non-hydrogen) atoms. The molecule has 1 N–H and O–H groups in total. The van der Waals surface area contributed by atoms with Gasteiger partial charge in [-0.15, -0.1) is 0 Å². The number of sulfone groups is 1. The van der Waals surface area contributed by atoms with Crippen LogP contribution in [0.3, 0.4) is 0 Å². The van der Waals surface area contributed by atoms with E-state index in [1.807, 2.05) is 22.6 Å². The van der Waals surface area contributed by atoms with Crippen molar-refractivity contribution in [2.45, 2.75) is 18.9 Å². The Bertz CT molecular complexity index is 603. The van der Waals surface area contributed by atoms with E-state index < -0.39 is 14.8 Å². The molecule has 1 saturated heterocycles. The Labute approximate surface area is 124 Å². The van der Waals surface area contributed by atoms with Crippen LogP contribution in [-0.2, 0) is 9.84 Å². The summed E-state index contributed by atoms with van der Waals surface area (Å²) in [6.07, 6.45) is 1.46. The number of rotatable bonds is 3. The summed E-state index contributed by atoms with van der Waals surface area (Å²) >= 11 is 1.90. The van der Waals surface area contributed by atoms with Gasteiger partial charge >= 0.3 is 0 Å². The van der Waals surface area contributed by atoms with Gasteiger partial charge in [0.05, 0.1) is 20.0 Å². The Morgan fingerprint density at radius 1 is 1.42 bits per heavy atom. The topological polar surface area (TPSA) is 89.3 Å². The van der Waals surface area contributed by atoms with Crippen molar-refractivity contribution in [2.24, 2.45) is 0 Å². The summed E-state index contributed by atoms with van der Waals surface area (Å²) in [5.74, 6) is 0.379. The van der Waals surface area contributed by atoms with Gasteiger partial charge in [0.25, 0.3) is 5.69 Å². The third-order valence-electron chi connectivity index (χ3n) is 2.98. The number of benzene rings is 1. The predicted octanol–water partition coefficient (Wildman–Crippen LogP) is 2.19. The second-order valence-corrected chi connectivity index (χ2v) is 7.91. The van der Waals surface area contributed by atoms with Crippen LogP contribution in [0, 0.1) is 13.7 Å². The van der Waals surface area contributed by atoms with E-state index in [0.717, 1.165) is 12.1 Å². The fraction of sp³-hybridized carbons (Fsp3) is 0.455. The maximum Gasteiger partial charge on any atom is 0.282 e. The van der Waals surface area contributed by atoms with E-state index in [4.69, 9.17) is 0 Å². The van der Waals surface area contributed by atoms with E-state index in [1.54, 1.807) is 12.1 Å². The van der Waals surface area contributed by atoms with E-state index in [-0.39, 0.29) is 23.2 Å². The molecule has 0 radical (unpaired) electrons. The van der Waals surface area contributed by atoms with Gasteiger partial charge in [-0.2, -0.15) is 0 Å². The third kappa shape index (κ3) is 3.78. The van der Waals surface area contributed by atoms with Crippen LogP contribution in [-0.4, -0.2) is 30.9 Å². The number of hydrogen-bond donors (Lipinski definition) is 1. The van der Waals surface area contributed by atoms with Gasteiger partial charge in [-0.25, -0.2) is 8.42 Å². The molecule has 0 amide bonds. The predicted molar refractivity (Wildman–Crippen MR) is 81.1 cm³/mol. The van der Waals surface area contributed by atoms with Gasteiger partial charge in [0.15, 0.2) is 9.84 Å². The van der Waals surface area contributed by atoms with Gasteiger partial charge in [0.1, 0.15) is 0 Å². The Kier molecular flexibility index (Phi) is 4.29. The molecule has 1 heterocycles. The van der Waals surface area contributed by atoms with Crippen LogP contribution in [0.1, 0.15) is 12.8 Å². The summed E-state index contributed by atoms with van der Waals surface area (Å²) in [5, 5.41) is 13.8. The first-order chi connectivity index (χ1) is 8.87. The van der Waals surface area contributed by atoms with Crippen molar-refractivity contribution in [3.63, 3.8) is 0 Å². The molecular weight excluding hydrogens is 383 g/mol. The van der Waals surface area contributed by atoms with E-state index in [9.17, 15) is 18.5 Å². The molecule has 8 heteroatoms. The van der Waals surface area contributed by atoms with Crippen molar-refractivity contribution in [1.82, 2.24) is 0 Å². The number of anilines is 1. The lowest BCUT2D eigenvalue weighted by atomic mass is 10.1. The summed E-state index contributed by atoms with van der Waals surface area (Å²) in [4.78, 5) is 10.3. The minimum Gasteiger partial charge on any atom is -0.381 e. The summed E-state index contributed by atoms with van der Waals surface area (Å²) in [5.41, 5.74) is 0.777. The highest BCUT2D eigenvalue weighted by Crippen LogP contribution is 2.25. The van der Waals surface area contributed by atoms with E-state index >= 15 is 0 Å². The highest BCUT2D eigenvalue weighted by Gasteiger charge is 2.24. The van der Waals surface area contributed by atoms with Crippen LogP contribution < -0.4 is 5.32 Å². The standard InChI is InChI=1S/C11H13IN2O4S/c12-10-6-8(3-4-11(10)14(15)16)13-9-2-1-5-19(17,18)7-9/h3-4,6,9,13H,1-2,5,7H2. The van der Waals surface area contributed by atoms with Gasteiger partial charge in [-0.3, -0.25) is 10.1 Å². The first-order valence-corrected chi connectivity index (χ1v) is 8.68. The summed E-state index contributed by atoms with van der Waals surface area (Å²) in [7, 11) is -2.96. The molecule has 2 rings (SSSR count). The Hall–Kier alpha value is -0.900.